The molecule has 0 saturated carbocycles. The van der Waals surface area contributed by atoms with Gasteiger partial charge < -0.3 is 19.1 Å². The van der Waals surface area contributed by atoms with E-state index in [2.05, 4.69) is 202 Å². The summed E-state index contributed by atoms with van der Waals surface area (Å²) in [6.07, 6.45) is 1.92. The van der Waals surface area contributed by atoms with E-state index in [9.17, 15) is 0 Å². The van der Waals surface area contributed by atoms with E-state index >= 15 is 0 Å². The summed E-state index contributed by atoms with van der Waals surface area (Å²) in [5.74, 6) is 2.07. The first-order valence-electron chi connectivity index (χ1n) is 19.8. The van der Waals surface area contributed by atoms with Gasteiger partial charge in [-0.1, -0.05) is 125 Å². The number of hydrogen-bond donors (Lipinski definition) is 0. The molecule has 0 aliphatic carbocycles. The van der Waals surface area contributed by atoms with E-state index in [1.54, 1.807) is 0 Å². The van der Waals surface area contributed by atoms with Crippen LogP contribution in [0, 0.1) is 18.8 Å². The molecule has 6 aromatic carbocycles. The van der Waals surface area contributed by atoms with Gasteiger partial charge in [0.05, 0.1) is 5.52 Å². The molecule has 10 rings (SSSR count). The summed E-state index contributed by atoms with van der Waals surface area (Å²) >= 11 is 1.81. The summed E-state index contributed by atoms with van der Waals surface area (Å²) in [4.78, 5) is 9.43. The summed E-state index contributed by atoms with van der Waals surface area (Å²) in [6, 6.07) is 56.6. The predicted octanol–water partition coefficient (Wildman–Crippen LogP) is 14.5. The van der Waals surface area contributed by atoms with E-state index in [0.29, 0.717) is 11.5 Å². The first-order chi connectivity index (χ1) is 28.0. The van der Waals surface area contributed by atoms with Crippen LogP contribution < -0.4 is 14.5 Å². The van der Waals surface area contributed by atoms with Gasteiger partial charge in [-0.25, -0.2) is 4.98 Å². The van der Waals surface area contributed by atoms with Crippen molar-refractivity contribution >= 4 is 65.3 Å². The molecule has 0 saturated heterocycles. The molecule has 7 heteroatoms. The molecule has 0 bridgehead atoms. The summed E-state index contributed by atoms with van der Waals surface area (Å²) in [5.41, 5.74) is 10.8. The molecule has 1 aliphatic rings. The standard InChI is InChI=1S/C52H43N4OS.Pt/c1-51(2,3)36-17-14-18-38(29-36)54-33-55(45-21-12-11-20-44(45)54)39-27-35(34-15-8-7-9-16-34)28-41(31-39)57-40-23-24-42-46(32-40)56(48-30-37(25-26-53-48)52(4,5)6)49-43-19-10-13-22-47(43)58-50(42)49;/h7-30,33H,1-6H3;/q-3;. The number of anilines is 4. The number of para-hydroxylation sites is 2. The van der Waals surface area contributed by atoms with Crippen LogP contribution >= 0.6 is 11.3 Å². The van der Waals surface area contributed by atoms with Crippen LogP contribution in [0.25, 0.3) is 48.2 Å². The second-order valence-electron chi connectivity index (χ2n) is 17.1. The zero-order valence-corrected chi connectivity index (χ0v) is 36.9. The van der Waals surface area contributed by atoms with Crippen molar-refractivity contribution in [2.75, 3.05) is 9.80 Å². The molecular weight excluding hydrogens is 924 g/mol. The van der Waals surface area contributed by atoms with Gasteiger partial charge in [-0.15, -0.1) is 59.6 Å². The van der Waals surface area contributed by atoms with Crippen LogP contribution in [0.5, 0.6) is 11.5 Å². The fourth-order valence-electron chi connectivity index (χ4n) is 7.93. The van der Waals surface area contributed by atoms with Gasteiger partial charge in [0.2, 0.25) is 0 Å². The van der Waals surface area contributed by atoms with E-state index in [1.807, 2.05) is 29.7 Å². The van der Waals surface area contributed by atoms with Crippen molar-refractivity contribution in [1.29, 1.82) is 0 Å². The number of thiophene rings is 1. The number of pyridine rings is 1. The third-order valence-electron chi connectivity index (χ3n) is 11.0. The Morgan fingerprint density at radius 1 is 0.610 bits per heavy atom. The van der Waals surface area contributed by atoms with E-state index in [1.165, 1.54) is 25.9 Å². The quantitative estimate of drug-likeness (QED) is 0.156. The molecule has 9 aromatic rings. The number of hydrogen-bond acceptors (Lipinski definition) is 5. The Balaban J connectivity index is 0.00000449. The maximum atomic E-state index is 6.83. The number of benzene rings is 6. The maximum Gasteiger partial charge on any atom is 0.135 e. The van der Waals surface area contributed by atoms with E-state index in [4.69, 9.17) is 9.72 Å². The summed E-state index contributed by atoms with van der Waals surface area (Å²) < 4.78 is 11.6. The average molecular weight is 967 g/mol. The van der Waals surface area contributed by atoms with Gasteiger partial charge in [-0.05, 0) is 70.0 Å². The van der Waals surface area contributed by atoms with Crippen LogP contribution in [0.4, 0.5) is 22.7 Å². The second-order valence-corrected chi connectivity index (χ2v) is 18.1. The zero-order valence-electron chi connectivity index (χ0n) is 33.9. The Hall–Kier alpha value is -5.68. The van der Waals surface area contributed by atoms with Crippen molar-refractivity contribution < 1.29 is 25.8 Å². The smallest absolute Gasteiger partial charge is 0.135 e. The molecule has 59 heavy (non-hydrogen) atoms. The maximum absolute atomic E-state index is 6.83. The third-order valence-corrected chi connectivity index (χ3v) is 12.2. The van der Waals surface area contributed by atoms with Crippen molar-refractivity contribution in [3.05, 3.63) is 176 Å². The van der Waals surface area contributed by atoms with Crippen molar-refractivity contribution in [2.24, 2.45) is 0 Å². The molecule has 5 nitrogen and oxygen atoms in total. The summed E-state index contributed by atoms with van der Waals surface area (Å²) in [6.45, 7) is 15.6. The summed E-state index contributed by atoms with van der Waals surface area (Å²) in [7, 11) is 0. The number of fused-ring (bicyclic) bond motifs is 6. The molecule has 0 unspecified atom stereocenters. The van der Waals surface area contributed by atoms with Crippen LogP contribution in [0.3, 0.4) is 0 Å². The fourth-order valence-corrected chi connectivity index (χ4v) is 9.14. The number of ether oxygens (including phenoxy) is 1. The monoisotopic (exact) mass is 966 g/mol. The topological polar surface area (TPSA) is 33.5 Å². The van der Waals surface area contributed by atoms with Gasteiger partial charge in [0.15, 0.2) is 0 Å². The first-order valence-corrected chi connectivity index (χ1v) is 20.6. The van der Waals surface area contributed by atoms with Crippen molar-refractivity contribution in [1.82, 2.24) is 9.55 Å². The van der Waals surface area contributed by atoms with Crippen molar-refractivity contribution in [3.63, 3.8) is 0 Å². The normalized spacial score (nSPS) is 13.0. The molecule has 296 valence electrons. The molecule has 0 radical (unpaired) electrons. The van der Waals surface area contributed by atoms with E-state index in [0.717, 1.165) is 56.1 Å². The summed E-state index contributed by atoms with van der Waals surface area (Å²) in [5, 5.41) is 2.32. The SMILES string of the molecule is CC(C)(C)c1cccc(N2[CH-]N(c3[c-]c(Oc4[c-]c5c(cc4)c4sc6ccccc6c4n5-c4cc(C(C)(C)C)ccn4)cc(-c4ccccc4)c3)c3ccccc32)c1.[Pt]. The molecule has 0 amide bonds. The number of aromatic nitrogens is 2. The third kappa shape index (κ3) is 7.03. The molecule has 1 aliphatic heterocycles. The Bertz CT molecular complexity index is 3010. The van der Waals surface area contributed by atoms with Crippen LogP contribution in [0.2, 0.25) is 0 Å². The molecule has 0 atom stereocenters. The van der Waals surface area contributed by atoms with Crippen LogP contribution in [-0.2, 0) is 31.9 Å². The predicted molar refractivity (Wildman–Crippen MR) is 242 cm³/mol. The Morgan fingerprint density at radius 3 is 2.10 bits per heavy atom. The minimum Gasteiger partial charge on any atom is -0.509 e. The van der Waals surface area contributed by atoms with Gasteiger partial charge in [0, 0.05) is 70.6 Å². The minimum absolute atomic E-state index is 0. The van der Waals surface area contributed by atoms with Crippen LogP contribution in [0.1, 0.15) is 52.7 Å². The Kier molecular flexibility index (Phi) is 9.77. The minimum atomic E-state index is -0.0352. The fraction of sp³-hybridized carbons (Fsp3) is 0.154. The molecular formula is C52H43N4OPtS-3. The van der Waals surface area contributed by atoms with Gasteiger partial charge in [0.1, 0.15) is 5.82 Å². The Labute approximate surface area is 364 Å². The van der Waals surface area contributed by atoms with Crippen LogP contribution in [0.15, 0.2) is 146 Å². The Morgan fingerprint density at radius 2 is 1.32 bits per heavy atom. The molecule has 0 N–H and O–H groups in total. The second kappa shape index (κ2) is 14.9. The van der Waals surface area contributed by atoms with Gasteiger partial charge in [-0.2, -0.15) is 6.07 Å². The molecule has 0 spiro atoms. The number of nitrogens with zero attached hydrogens (tertiary/aromatic N) is 4. The van der Waals surface area contributed by atoms with Gasteiger partial charge >= 0.3 is 0 Å². The molecule has 4 heterocycles. The van der Waals surface area contributed by atoms with Gasteiger partial charge in [0.25, 0.3) is 0 Å². The first kappa shape index (κ1) is 38.8. The van der Waals surface area contributed by atoms with Crippen molar-refractivity contribution in [2.45, 2.75) is 52.4 Å². The van der Waals surface area contributed by atoms with E-state index < -0.39 is 0 Å². The largest absolute Gasteiger partial charge is 0.509 e. The van der Waals surface area contributed by atoms with E-state index in [-0.39, 0.29) is 31.9 Å². The van der Waals surface area contributed by atoms with Crippen molar-refractivity contribution in [3.8, 4) is 28.4 Å². The number of rotatable bonds is 6. The molecule has 3 aromatic heterocycles. The zero-order chi connectivity index (χ0) is 39.8. The molecule has 0 fully saturated rings. The van der Waals surface area contributed by atoms with Gasteiger partial charge in [-0.3, -0.25) is 0 Å². The average Bonchev–Trinajstić information content (AvgIpc) is 3.90. The van der Waals surface area contributed by atoms with Crippen LogP contribution in [-0.4, -0.2) is 9.55 Å².